The quantitative estimate of drug-likeness (QED) is 0.256. The van der Waals surface area contributed by atoms with Crippen LogP contribution in [0.25, 0.3) is 22.2 Å². The Bertz CT molecular complexity index is 1460. The minimum Gasteiger partial charge on any atom is -0.494 e. The highest BCUT2D eigenvalue weighted by Crippen LogP contribution is 2.39. The van der Waals surface area contributed by atoms with Gasteiger partial charge in [-0.15, -0.1) is 0 Å². The minimum absolute atomic E-state index is 0.0965. The summed E-state index contributed by atoms with van der Waals surface area (Å²) in [5.41, 5.74) is 6.86. The number of primary amides is 1. The number of rotatable bonds is 4. The number of thiol groups is 1. The molecule has 0 atom stereocenters. The number of para-hydroxylation sites is 1. The fourth-order valence-corrected chi connectivity index (χ4v) is 4.18. The molecule has 0 saturated carbocycles. The lowest BCUT2D eigenvalue weighted by Gasteiger charge is -2.20. The molecule has 4 aromatic rings. The van der Waals surface area contributed by atoms with Crippen LogP contribution in [0.4, 0.5) is 18.9 Å². The number of hydrogen-bond donors (Lipinski definition) is 2. The molecule has 3 heterocycles. The largest absolute Gasteiger partial charge is 0.494 e. The number of nitrogens with zero attached hydrogens (tertiary/aromatic N) is 3. The number of amides is 1. The van der Waals surface area contributed by atoms with Gasteiger partial charge in [0.1, 0.15) is 22.8 Å². The molecule has 206 valence electrons. The van der Waals surface area contributed by atoms with Crippen LogP contribution in [0.3, 0.4) is 0 Å². The Morgan fingerprint density at radius 2 is 1.82 bits per heavy atom. The molecule has 2 N–H and O–H groups in total. The van der Waals surface area contributed by atoms with Crippen LogP contribution < -0.4 is 20.1 Å². The maximum Gasteiger partial charge on any atom is 0.252 e. The van der Waals surface area contributed by atoms with Gasteiger partial charge in [0, 0.05) is 31.9 Å². The Hall–Kier alpha value is -3.99. The number of anilines is 1. The van der Waals surface area contributed by atoms with Crippen LogP contribution in [0.2, 0.25) is 0 Å². The van der Waals surface area contributed by atoms with Crippen molar-refractivity contribution in [1.82, 2.24) is 9.97 Å². The molecule has 0 aliphatic carbocycles. The van der Waals surface area contributed by atoms with E-state index < -0.39 is 28.9 Å². The van der Waals surface area contributed by atoms with Gasteiger partial charge in [-0.2, -0.15) is 12.6 Å². The Morgan fingerprint density at radius 1 is 1.10 bits per heavy atom. The van der Waals surface area contributed by atoms with Gasteiger partial charge in [0.25, 0.3) is 5.91 Å². The average Bonchev–Trinajstić information content (AvgIpc) is 2.95. The third-order valence-electron chi connectivity index (χ3n) is 5.83. The molecule has 1 amide bonds. The summed E-state index contributed by atoms with van der Waals surface area (Å²) >= 11 is 3.53. The predicted molar refractivity (Wildman–Crippen MR) is 149 cm³/mol. The van der Waals surface area contributed by atoms with Gasteiger partial charge in [0.2, 0.25) is 0 Å². The first kappa shape index (κ1) is 29.6. The molecule has 5 rings (SSSR count). The number of methoxy groups -OCH3 is 1. The van der Waals surface area contributed by atoms with E-state index in [0.29, 0.717) is 17.1 Å². The van der Waals surface area contributed by atoms with Crippen LogP contribution in [-0.4, -0.2) is 49.9 Å². The molecule has 1 aliphatic heterocycles. The third kappa shape index (κ3) is 6.36. The summed E-state index contributed by atoms with van der Waals surface area (Å²) in [4.78, 5) is 21.6. The van der Waals surface area contributed by atoms with Crippen molar-refractivity contribution in [1.29, 1.82) is 0 Å². The Balaban J connectivity index is 0.000000289. The van der Waals surface area contributed by atoms with Crippen LogP contribution in [-0.2, 0) is 6.42 Å². The number of nitrogens with two attached hydrogens (primary N) is 1. The maximum atomic E-state index is 14.3. The first-order valence-corrected chi connectivity index (χ1v) is 12.8. The number of carbonyl (C=O) groups excluding carboxylic acids is 1. The first-order chi connectivity index (χ1) is 18.7. The van der Waals surface area contributed by atoms with Gasteiger partial charge >= 0.3 is 0 Å². The third-order valence-corrected chi connectivity index (χ3v) is 5.83. The van der Waals surface area contributed by atoms with Gasteiger partial charge in [-0.25, -0.2) is 18.2 Å². The first-order valence-electron chi connectivity index (χ1n) is 11.9. The summed E-state index contributed by atoms with van der Waals surface area (Å²) in [7, 11) is 4.72. The van der Waals surface area contributed by atoms with Crippen molar-refractivity contribution in [2.75, 3.05) is 39.0 Å². The van der Waals surface area contributed by atoms with E-state index in [-0.39, 0.29) is 22.5 Å². The number of benzene rings is 2. The Labute approximate surface area is 230 Å². The molecule has 39 heavy (non-hydrogen) atoms. The van der Waals surface area contributed by atoms with Crippen LogP contribution in [0.15, 0.2) is 48.8 Å². The molecule has 2 aromatic heterocycles. The average molecular weight is 559 g/mol. The van der Waals surface area contributed by atoms with E-state index in [4.69, 9.17) is 15.2 Å². The van der Waals surface area contributed by atoms with Gasteiger partial charge < -0.3 is 20.1 Å². The lowest BCUT2D eigenvalue weighted by atomic mass is 10.0. The van der Waals surface area contributed by atoms with Gasteiger partial charge in [-0.05, 0) is 36.8 Å². The molecule has 0 bridgehead atoms. The molecular formula is C28H29F3N4O3S. The van der Waals surface area contributed by atoms with Crippen molar-refractivity contribution >= 4 is 35.1 Å². The number of carbonyl (C=O) groups is 1. The zero-order valence-electron chi connectivity index (χ0n) is 22.0. The van der Waals surface area contributed by atoms with E-state index in [1.54, 1.807) is 25.3 Å². The van der Waals surface area contributed by atoms with Gasteiger partial charge in [-0.1, -0.05) is 18.2 Å². The molecule has 0 spiro atoms. The number of fused-ring (bicyclic) bond motifs is 2. The Kier molecular flexibility index (Phi) is 10.00. The minimum atomic E-state index is -1.35. The van der Waals surface area contributed by atoms with E-state index in [1.165, 1.54) is 31.5 Å². The topological polar surface area (TPSA) is 90.6 Å². The fraction of sp³-hybridized carbons (Fsp3) is 0.250. The molecule has 7 nitrogen and oxygen atoms in total. The van der Waals surface area contributed by atoms with Crippen molar-refractivity contribution in [3.05, 3.63) is 77.4 Å². The van der Waals surface area contributed by atoms with Crippen LogP contribution >= 0.6 is 12.6 Å². The number of pyridine rings is 2. The smallest absolute Gasteiger partial charge is 0.252 e. The summed E-state index contributed by atoms with van der Waals surface area (Å²) < 4.78 is 52.4. The second kappa shape index (κ2) is 13.2. The molecule has 0 fully saturated rings. The lowest BCUT2D eigenvalue weighted by molar-refractivity contribution is 0.100. The summed E-state index contributed by atoms with van der Waals surface area (Å²) in [5, 5.41) is 0.313. The number of hydrogen-bond acceptors (Lipinski definition) is 7. The number of halogens is 3. The number of aryl methyl sites for hydroxylation is 1. The normalized spacial score (nSPS) is 11.7. The molecule has 0 saturated heterocycles. The number of aromatic nitrogens is 2. The fourth-order valence-electron chi connectivity index (χ4n) is 4.18. The highest BCUT2D eigenvalue weighted by molar-refractivity contribution is 7.79. The van der Waals surface area contributed by atoms with Crippen LogP contribution in [0, 0.1) is 17.5 Å². The Morgan fingerprint density at radius 3 is 2.46 bits per heavy atom. The summed E-state index contributed by atoms with van der Waals surface area (Å²) in [5.74, 6) is -2.98. The highest BCUT2D eigenvalue weighted by atomic mass is 32.1. The van der Waals surface area contributed by atoms with E-state index >= 15 is 0 Å². The van der Waals surface area contributed by atoms with Gasteiger partial charge in [-0.3, -0.25) is 9.78 Å². The SMILES string of the molecule is COc1cnc(-c2cc(F)cc(F)c2F)c2ncc(C(N)=O)c(N(C)C)c12.CS.c1ccc2c(c1)CCCO2. The summed E-state index contributed by atoms with van der Waals surface area (Å²) in [6.07, 6.45) is 6.50. The zero-order valence-corrected chi connectivity index (χ0v) is 22.9. The van der Waals surface area contributed by atoms with E-state index in [9.17, 15) is 18.0 Å². The molecule has 11 heteroatoms. The maximum absolute atomic E-state index is 14.3. The van der Waals surface area contributed by atoms with Crippen LogP contribution in [0.1, 0.15) is 22.3 Å². The van der Waals surface area contributed by atoms with Crippen molar-refractivity contribution < 1.29 is 27.4 Å². The number of ether oxygens (including phenoxy) is 2. The van der Waals surface area contributed by atoms with Crippen molar-refractivity contribution in [3.8, 4) is 22.8 Å². The molecule has 0 radical (unpaired) electrons. The van der Waals surface area contributed by atoms with E-state index in [1.807, 2.05) is 12.1 Å². The molecule has 0 unspecified atom stereocenters. The lowest BCUT2D eigenvalue weighted by Crippen LogP contribution is -2.20. The molecular weight excluding hydrogens is 529 g/mol. The molecule has 1 aliphatic rings. The van der Waals surface area contributed by atoms with Crippen molar-refractivity contribution in [2.45, 2.75) is 12.8 Å². The van der Waals surface area contributed by atoms with Crippen molar-refractivity contribution in [3.63, 3.8) is 0 Å². The van der Waals surface area contributed by atoms with E-state index in [2.05, 4.69) is 34.7 Å². The summed E-state index contributed by atoms with van der Waals surface area (Å²) in [6, 6.07) is 9.51. The second-order valence-electron chi connectivity index (χ2n) is 8.49. The summed E-state index contributed by atoms with van der Waals surface area (Å²) in [6.45, 7) is 0.886. The predicted octanol–water partition coefficient (Wildman–Crippen LogP) is 5.45. The van der Waals surface area contributed by atoms with Crippen molar-refractivity contribution in [2.24, 2.45) is 5.73 Å². The molecule has 2 aromatic carbocycles. The zero-order chi connectivity index (χ0) is 28.7. The van der Waals surface area contributed by atoms with Crippen LogP contribution in [0.5, 0.6) is 11.5 Å². The van der Waals surface area contributed by atoms with Gasteiger partial charge in [0.15, 0.2) is 11.6 Å². The van der Waals surface area contributed by atoms with E-state index in [0.717, 1.165) is 24.8 Å². The van der Waals surface area contributed by atoms with Gasteiger partial charge in [0.05, 0.1) is 42.2 Å². The second-order valence-corrected chi connectivity index (χ2v) is 8.49. The highest BCUT2D eigenvalue weighted by Gasteiger charge is 2.24. The monoisotopic (exact) mass is 558 g/mol. The standard InChI is InChI=1S/C18H15F3N4O2.C9H10O.CH4S/c1-25(2)17-10(18(22)26)6-23-16-13(17)12(27-3)7-24-15(16)9-4-8(19)5-11(20)14(9)21;1-2-6-9-8(4-1)5-3-7-10-9;1-2/h4-7H,1-3H3,(H2,22,26);1-2,4,6H,3,5,7H2;2H,1H3.